The summed E-state index contributed by atoms with van der Waals surface area (Å²) in [6.07, 6.45) is -14.2. The highest BCUT2D eigenvalue weighted by molar-refractivity contribution is 6.34. The molecule has 6 nitrogen and oxygen atoms in total. The Labute approximate surface area is 182 Å². The molecule has 0 radical (unpaired) electrons. The van der Waals surface area contributed by atoms with E-state index in [2.05, 4.69) is 19.9 Å². The number of hydrogen-bond acceptors (Lipinski definition) is 4. The molecule has 0 saturated heterocycles. The van der Waals surface area contributed by atoms with Gasteiger partial charge in [0.1, 0.15) is 11.4 Å². The van der Waals surface area contributed by atoms with Crippen LogP contribution in [-0.4, -0.2) is 34.5 Å². The van der Waals surface area contributed by atoms with Crippen molar-refractivity contribution in [3.63, 3.8) is 0 Å². The standard InChI is InChI=1S/C17H15Cl2F6N3O3/c1-3-11-12(19)13(28(2)27-11)14(29)26-7-8-4-5-9(6-10(8)18)30-16(21,22)15(20)31-17(23,24)25/h4-6,15H,3,7H2,1-2H3,(H,26,29). The average Bonchev–Trinajstić information content (AvgIpc) is 2.92. The predicted molar refractivity (Wildman–Crippen MR) is 97.8 cm³/mol. The van der Waals surface area contributed by atoms with Crippen molar-refractivity contribution in [1.29, 1.82) is 0 Å². The molecular formula is C17H15Cl2F6N3O3. The number of nitrogens with zero attached hydrogens (tertiary/aromatic N) is 2. The minimum absolute atomic E-state index is 0.105. The van der Waals surface area contributed by atoms with Crippen molar-refractivity contribution in [2.24, 2.45) is 7.05 Å². The summed E-state index contributed by atoms with van der Waals surface area (Å²) in [4.78, 5) is 12.4. The van der Waals surface area contributed by atoms with Gasteiger partial charge in [0, 0.05) is 18.6 Å². The van der Waals surface area contributed by atoms with Crippen molar-refractivity contribution in [3.05, 3.63) is 45.2 Å². The fourth-order valence-corrected chi connectivity index (χ4v) is 3.03. The molecule has 0 aliphatic rings. The third kappa shape index (κ3) is 6.40. The highest BCUT2D eigenvalue weighted by Gasteiger charge is 2.50. The van der Waals surface area contributed by atoms with E-state index in [-0.39, 0.29) is 27.8 Å². The number of halogens is 8. The number of nitrogens with one attached hydrogen (secondary N) is 1. The second-order valence-corrected chi connectivity index (χ2v) is 6.85. The van der Waals surface area contributed by atoms with Crippen molar-refractivity contribution in [2.45, 2.75) is 38.7 Å². The topological polar surface area (TPSA) is 65.4 Å². The summed E-state index contributed by atoms with van der Waals surface area (Å²) in [5.41, 5.74) is 0.881. The Morgan fingerprint density at radius 3 is 2.42 bits per heavy atom. The first kappa shape index (κ1) is 25.1. The molecule has 0 saturated carbocycles. The Morgan fingerprint density at radius 1 is 1.26 bits per heavy atom. The molecule has 1 N–H and O–H groups in total. The summed E-state index contributed by atoms with van der Waals surface area (Å²) >= 11 is 12.1. The van der Waals surface area contributed by atoms with Gasteiger partial charge in [-0.25, -0.2) is 9.13 Å². The maximum Gasteiger partial charge on any atom is 0.525 e. The molecule has 1 atom stereocenters. The summed E-state index contributed by atoms with van der Waals surface area (Å²) < 4.78 is 83.7. The summed E-state index contributed by atoms with van der Waals surface area (Å²) in [7, 11) is 1.53. The highest BCUT2D eigenvalue weighted by atomic mass is 35.5. The number of aromatic nitrogens is 2. The molecule has 0 bridgehead atoms. The lowest BCUT2D eigenvalue weighted by Crippen LogP contribution is -2.41. The van der Waals surface area contributed by atoms with Crippen molar-refractivity contribution >= 4 is 29.1 Å². The number of benzene rings is 1. The first-order valence-corrected chi connectivity index (χ1v) is 9.24. The number of rotatable bonds is 8. The van der Waals surface area contributed by atoms with Crippen LogP contribution in [0.3, 0.4) is 0 Å². The van der Waals surface area contributed by atoms with E-state index in [1.165, 1.54) is 11.7 Å². The Bertz CT molecular complexity index is 952. The number of ether oxygens (including phenoxy) is 2. The summed E-state index contributed by atoms with van der Waals surface area (Å²) in [5, 5.41) is 6.63. The Balaban J connectivity index is 2.06. The van der Waals surface area contributed by atoms with Gasteiger partial charge in [-0.1, -0.05) is 36.2 Å². The van der Waals surface area contributed by atoms with Crippen LogP contribution in [0, 0.1) is 0 Å². The molecule has 172 valence electrons. The van der Waals surface area contributed by atoms with Crippen LogP contribution in [0.5, 0.6) is 5.75 Å². The second-order valence-electron chi connectivity index (χ2n) is 6.07. The van der Waals surface area contributed by atoms with Crippen LogP contribution in [0.15, 0.2) is 18.2 Å². The summed E-state index contributed by atoms with van der Waals surface area (Å²) in [6, 6.07) is 2.89. The van der Waals surface area contributed by atoms with E-state index in [1.807, 2.05) is 6.92 Å². The van der Waals surface area contributed by atoms with E-state index in [0.717, 1.165) is 18.2 Å². The van der Waals surface area contributed by atoms with Crippen LogP contribution in [-0.2, 0) is 24.8 Å². The Kier molecular flexibility index (Phi) is 7.71. The molecule has 0 spiro atoms. The molecule has 31 heavy (non-hydrogen) atoms. The lowest BCUT2D eigenvalue weighted by Gasteiger charge is -2.22. The van der Waals surface area contributed by atoms with Crippen molar-refractivity contribution in [3.8, 4) is 5.75 Å². The first-order valence-electron chi connectivity index (χ1n) is 8.48. The Hall–Kier alpha value is -2.18. The van der Waals surface area contributed by atoms with Crippen LogP contribution >= 0.6 is 23.2 Å². The van der Waals surface area contributed by atoms with Crippen molar-refractivity contribution in [1.82, 2.24) is 15.1 Å². The van der Waals surface area contributed by atoms with Crippen molar-refractivity contribution in [2.75, 3.05) is 0 Å². The smallest absolute Gasteiger partial charge is 0.428 e. The molecule has 0 aliphatic heterocycles. The molecule has 1 amide bonds. The maximum absolute atomic E-state index is 13.5. The maximum atomic E-state index is 13.5. The van der Waals surface area contributed by atoms with E-state index < -0.39 is 30.5 Å². The van der Waals surface area contributed by atoms with Gasteiger partial charge in [0.05, 0.1) is 10.7 Å². The normalized spacial score (nSPS) is 13.2. The van der Waals surface area contributed by atoms with Gasteiger partial charge >= 0.3 is 18.8 Å². The third-order valence-electron chi connectivity index (χ3n) is 3.82. The van der Waals surface area contributed by atoms with Gasteiger partial charge in [-0.05, 0) is 24.1 Å². The number of carbonyl (C=O) groups excluding carboxylic acids is 1. The van der Waals surface area contributed by atoms with E-state index in [4.69, 9.17) is 23.2 Å². The predicted octanol–water partition coefficient (Wildman–Crippen LogP) is 5.02. The lowest BCUT2D eigenvalue weighted by molar-refractivity contribution is -0.411. The molecule has 1 aromatic carbocycles. The van der Waals surface area contributed by atoms with Gasteiger partial charge in [0.25, 0.3) is 5.91 Å². The number of aryl methyl sites for hydroxylation is 2. The number of amides is 1. The van der Waals surface area contributed by atoms with Gasteiger partial charge in [-0.2, -0.15) is 13.9 Å². The average molecular weight is 494 g/mol. The zero-order valence-electron chi connectivity index (χ0n) is 15.9. The zero-order valence-corrected chi connectivity index (χ0v) is 17.4. The molecule has 0 fully saturated rings. The fourth-order valence-electron chi connectivity index (χ4n) is 2.41. The van der Waals surface area contributed by atoms with Gasteiger partial charge in [-0.3, -0.25) is 9.48 Å². The third-order valence-corrected chi connectivity index (χ3v) is 4.57. The number of carbonyl (C=O) groups is 1. The van der Waals surface area contributed by atoms with E-state index >= 15 is 0 Å². The largest absolute Gasteiger partial charge is 0.525 e. The van der Waals surface area contributed by atoms with E-state index in [0.29, 0.717) is 12.1 Å². The molecule has 1 aromatic heterocycles. The number of alkyl halides is 6. The van der Waals surface area contributed by atoms with Gasteiger partial charge in [-0.15, -0.1) is 13.2 Å². The fraction of sp³-hybridized carbons (Fsp3) is 0.412. The van der Waals surface area contributed by atoms with Crippen LogP contribution in [0.2, 0.25) is 10.0 Å². The van der Waals surface area contributed by atoms with Crippen molar-refractivity contribution < 1.29 is 40.6 Å². The van der Waals surface area contributed by atoms with E-state index in [1.54, 1.807) is 0 Å². The molecular weight excluding hydrogens is 479 g/mol. The summed E-state index contributed by atoms with van der Waals surface area (Å²) in [5.74, 6) is -1.30. The van der Waals surface area contributed by atoms with Crippen LogP contribution < -0.4 is 10.1 Å². The molecule has 1 heterocycles. The monoisotopic (exact) mass is 493 g/mol. The molecule has 1 unspecified atom stereocenters. The molecule has 2 aromatic rings. The summed E-state index contributed by atoms with van der Waals surface area (Å²) in [6.45, 7) is 1.66. The zero-order chi connectivity index (χ0) is 23.6. The van der Waals surface area contributed by atoms with E-state index in [9.17, 15) is 31.1 Å². The quantitative estimate of drug-likeness (QED) is 0.524. The minimum Gasteiger partial charge on any atom is -0.428 e. The lowest BCUT2D eigenvalue weighted by atomic mass is 10.2. The highest BCUT2D eigenvalue weighted by Crippen LogP contribution is 2.33. The van der Waals surface area contributed by atoms with Gasteiger partial charge in [0.2, 0.25) is 0 Å². The van der Waals surface area contributed by atoms with Crippen LogP contribution in [0.1, 0.15) is 28.7 Å². The van der Waals surface area contributed by atoms with Crippen LogP contribution in [0.4, 0.5) is 26.3 Å². The molecule has 2 rings (SSSR count). The van der Waals surface area contributed by atoms with Crippen LogP contribution in [0.25, 0.3) is 0 Å². The first-order chi connectivity index (χ1) is 14.2. The van der Waals surface area contributed by atoms with Gasteiger partial charge in [0.15, 0.2) is 0 Å². The second kappa shape index (κ2) is 9.53. The molecule has 0 aliphatic carbocycles. The SMILES string of the molecule is CCc1nn(C)c(C(=O)NCc2ccc(OC(F)(F)C(F)OC(F)(F)F)cc2Cl)c1Cl. The molecule has 14 heteroatoms. The minimum atomic E-state index is -5.62. The Morgan fingerprint density at radius 2 is 1.90 bits per heavy atom. The van der Waals surface area contributed by atoms with Gasteiger partial charge < -0.3 is 10.1 Å². The number of hydrogen-bond donors (Lipinski definition) is 1.